The van der Waals surface area contributed by atoms with Crippen LogP contribution in [0.15, 0.2) is 18.2 Å². The van der Waals surface area contributed by atoms with Gasteiger partial charge < -0.3 is 15.4 Å². The normalized spacial score (nSPS) is 11.4. The summed E-state index contributed by atoms with van der Waals surface area (Å²) in [4.78, 5) is 2.08. The van der Waals surface area contributed by atoms with Crippen LogP contribution in [0.2, 0.25) is 5.02 Å². The van der Waals surface area contributed by atoms with Gasteiger partial charge in [-0.15, -0.1) is 0 Å². The Morgan fingerprint density at radius 2 is 2.06 bits per heavy atom. The zero-order chi connectivity index (χ0) is 13.1. The molecule has 0 radical (unpaired) electrons. The van der Waals surface area contributed by atoms with E-state index in [1.54, 1.807) is 0 Å². The molecule has 1 aromatic carbocycles. The zero-order valence-electron chi connectivity index (χ0n) is 11.0. The first kappa shape index (κ1) is 14.1. The lowest BCUT2D eigenvalue weighted by Crippen LogP contribution is -2.44. The summed E-state index contributed by atoms with van der Waals surface area (Å²) >= 11 is 6.14. The Morgan fingerprint density at radius 1 is 1.41 bits per heavy atom. The van der Waals surface area contributed by atoms with E-state index in [9.17, 15) is 0 Å². The second-order valence-corrected chi connectivity index (χ2v) is 5.30. The number of hydrogen-bond acceptors (Lipinski definition) is 3. The van der Waals surface area contributed by atoms with Crippen LogP contribution in [0.4, 0.5) is 5.69 Å². The van der Waals surface area contributed by atoms with E-state index in [0.29, 0.717) is 11.6 Å². The molecular weight excluding hydrogens is 236 g/mol. The van der Waals surface area contributed by atoms with E-state index in [-0.39, 0.29) is 5.54 Å². The Balaban J connectivity index is 2.82. The first-order valence-electron chi connectivity index (χ1n) is 5.76. The molecule has 96 valence electrons. The smallest absolute Gasteiger partial charge is 0.138 e. The Kier molecular flexibility index (Phi) is 4.66. The number of likely N-dealkylation sites (N-methyl/N-ethyl adjacent to an activating group) is 1. The van der Waals surface area contributed by atoms with E-state index in [0.717, 1.165) is 18.0 Å². The highest BCUT2D eigenvalue weighted by molar-refractivity contribution is 6.32. The van der Waals surface area contributed by atoms with Crippen molar-refractivity contribution in [3.8, 4) is 5.75 Å². The fourth-order valence-electron chi connectivity index (χ4n) is 1.70. The Labute approximate surface area is 109 Å². The maximum absolute atomic E-state index is 6.14. The quantitative estimate of drug-likeness (QED) is 0.880. The lowest BCUT2D eigenvalue weighted by molar-refractivity contribution is 0.340. The zero-order valence-corrected chi connectivity index (χ0v) is 11.7. The van der Waals surface area contributed by atoms with Crippen LogP contribution in [0, 0.1) is 0 Å². The molecule has 0 fully saturated rings. The molecule has 2 N–H and O–H groups in total. The Morgan fingerprint density at radius 3 is 2.53 bits per heavy atom. The molecule has 0 saturated carbocycles. The molecule has 4 heteroatoms. The van der Waals surface area contributed by atoms with Gasteiger partial charge in [0.1, 0.15) is 5.75 Å². The molecule has 0 amide bonds. The lowest BCUT2D eigenvalue weighted by Gasteiger charge is -2.28. The number of hydrogen-bond donors (Lipinski definition) is 1. The topological polar surface area (TPSA) is 38.5 Å². The molecule has 0 unspecified atom stereocenters. The van der Waals surface area contributed by atoms with Crippen molar-refractivity contribution in [1.82, 2.24) is 0 Å². The fourth-order valence-corrected chi connectivity index (χ4v) is 1.93. The van der Waals surface area contributed by atoms with Crippen LogP contribution >= 0.6 is 11.6 Å². The average molecular weight is 257 g/mol. The van der Waals surface area contributed by atoms with Gasteiger partial charge in [0.25, 0.3) is 0 Å². The predicted molar refractivity (Wildman–Crippen MR) is 74.2 cm³/mol. The molecule has 0 aliphatic heterocycles. The molecule has 3 nitrogen and oxygen atoms in total. The van der Waals surface area contributed by atoms with E-state index in [4.69, 9.17) is 22.1 Å². The summed E-state index contributed by atoms with van der Waals surface area (Å²) in [6.07, 6.45) is 0. The number of rotatable bonds is 5. The SMILES string of the molecule is CCOc1ccc(N(C)CC(C)(C)N)cc1Cl. The van der Waals surface area contributed by atoms with Gasteiger partial charge in [-0.3, -0.25) is 0 Å². The summed E-state index contributed by atoms with van der Waals surface area (Å²) in [6, 6.07) is 5.78. The van der Waals surface area contributed by atoms with Crippen LogP contribution in [-0.4, -0.2) is 25.7 Å². The number of benzene rings is 1. The fraction of sp³-hybridized carbons (Fsp3) is 0.538. The van der Waals surface area contributed by atoms with Crippen LogP contribution in [0.3, 0.4) is 0 Å². The molecule has 17 heavy (non-hydrogen) atoms. The van der Waals surface area contributed by atoms with E-state index in [1.807, 2.05) is 46.0 Å². The van der Waals surface area contributed by atoms with Gasteiger partial charge in [-0.25, -0.2) is 0 Å². The summed E-state index contributed by atoms with van der Waals surface area (Å²) in [5.74, 6) is 0.721. The highest BCUT2D eigenvalue weighted by Gasteiger charge is 2.15. The largest absolute Gasteiger partial charge is 0.492 e. The third kappa shape index (κ3) is 4.44. The van der Waals surface area contributed by atoms with Crippen molar-refractivity contribution in [3.63, 3.8) is 0 Å². The number of halogens is 1. The van der Waals surface area contributed by atoms with Crippen LogP contribution in [0.5, 0.6) is 5.75 Å². The molecule has 1 aromatic rings. The highest BCUT2D eigenvalue weighted by Crippen LogP contribution is 2.29. The van der Waals surface area contributed by atoms with Gasteiger partial charge in [0, 0.05) is 24.8 Å². The average Bonchev–Trinajstić information content (AvgIpc) is 2.18. The van der Waals surface area contributed by atoms with Gasteiger partial charge in [-0.1, -0.05) is 11.6 Å². The summed E-state index contributed by atoms with van der Waals surface area (Å²) in [7, 11) is 2.00. The van der Waals surface area contributed by atoms with Crippen molar-refractivity contribution < 1.29 is 4.74 Å². The molecule has 0 bridgehead atoms. The molecule has 0 spiro atoms. The standard InChI is InChI=1S/C13H21ClN2O/c1-5-17-12-7-6-10(8-11(12)14)16(4)9-13(2,3)15/h6-8H,5,9,15H2,1-4H3. The molecule has 0 heterocycles. The van der Waals surface area contributed by atoms with Gasteiger partial charge >= 0.3 is 0 Å². The first-order valence-corrected chi connectivity index (χ1v) is 6.13. The van der Waals surface area contributed by atoms with Crippen molar-refractivity contribution in [2.75, 3.05) is 25.1 Å². The minimum atomic E-state index is -0.236. The number of nitrogens with zero attached hydrogens (tertiary/aromatic N) is 1. The van der Waals surface area contributed by atoms with Crippen LogP contribution in [0.25, 0.3) is 0 Å². The predicted octanol–water partition coefficient (Wildman–Crippen LogP) is 2.91. The summed E-state index contributed by atoms with van der Waals surface area (Å²) in [5.41, 5.74) is 6.79. The maximum Gasteiger partial charge on any atom is 0.138 e. The van der Waals surface area contributed by atoms with E-state index < -0.39 is 0 Å². The van der Waals surface area contributed by atoms with Gasteiger partial charge in [-0.05, 0) is 39.0 Å². The van der Waals surface area contributed by atoms with E-state index in [1.165, 1.54) is 0 Å². The molecule has 0 aromatic heterocycles. The van der Waals surface area contributed by atoms with Crippen LogP contribution < -0.4 is 15.4 Å². The monoisotopic (exact) mass is 256 g/mol. The van der Waals surface area contributed by atoms with E-state index >= 15 is 0 Å². The second kappa shape index (κ2) is 5.61. The molecule has 0 saturated heterocycles. The van der Waals surface area contributed by atoms with Crippen molar-refractivity contribution in [2.45, 2.75) is 26.3 Å². The van der Waals surface area contributed by atoms with Gasteiger partial charge in [0.15, 0.2) is 0 Å². The lowest BCUT2D eigenvalue weighted by atomic mass is 10.1. The Hall–Kier alpha value is -0.930. The molecular formula is C13H21ClN2O. The third-order valence-corrected chi connectivity index (χ3v) is 2.60. The number of nitrogens with two attached hydrogens (primary N) is 1. The van der Waals surface area contributed by atoms with Gasteiger partial charge in [-0.2, -0.15) is 0 Å². The minimum Gasteiger partial charge on any atom is -0.492 e. The maximum atomic E-state index is 6.14. The Bertz CT molecular complexity index is 374. The third-order valence-electron chi connectivity index (χ3n) is 2.30. The number of anilines is 1. The van der Waals surface area contributed by atoms with E-state index in [2.05, 4.69) is 4.90 Å². The van der Waals surface area contributed by atoms with Crippen molar-refractivity contribution in [2.24, 2.45) is 5.73 Å². The van der Waals surface area contributed by atoms with Crippen molar-refractivity contribution in [3.05, 3.63) is 23.2 Å². The van der Waals surface area contributed by atoms with Crippen LogP contribution in [-0.2, 0) is 0 Å². The second-order valence-electron chi connectivity index (χ2n) is 4.89. The highest BCUT2D eigenvalue weighted by atomic mass is 35.5. The van der Waals surface area contributed by atoms with Crippen molar-refractivity contribution >= 4 is 17.3 Å². The van der Waals surface area contributed by atoms with Crippen LogP contribution in [0.1, 0.15) is 20.8 Å². The molecule has 0 aliphatic carbocycles. The minimum absolute atomic E-state index is 0.236. The van der Waals surface area contributed by atoms with Gasteiger partial charge in [0.05, 0.1) is 11.6 Å². The molecule has 1 rings (SSSR count). The molecule has 0 atom stereocenters. The van der Waals surface area contributed by atoms with Crippen molar-refractivity contribution in [1.29, 1.82) is 0 Å². The first-order chi connectivity index (χ1) is 7.83. The summed E-state index contributed by atoms with van der Waals surface area (Å²) in [6.45, 7) is 7.31. The number of ether oxygens (including phenoxy) is 1. The summed E-state index contributed by atoms with van der Waals surface area (Å²) in [5, 5.41) is 0.631. The molecule has 0 aliphatic rings. The summed E-state index contributed by atoms with van der Waals surface area (Å²) < 4.78 is 5.40. The van der Waals surface area contributed by atoms with Gasteiger partial charge in [0.2, 0.25) is 0 Å².